The molecular weight excluding hydrogens is 390 g/mol. The Morgan fingerprint density at radius 2 is 1.77 bits per heavy atom. The molecule has 2 fully saturated rings. The highest BCUT2D eigenvalue weighted by molar-refractivity contribution is 5.79. The molecule has 0 spiro atoms. The molecule has 2 aliphatic rings. The summed E-state index contributed by atoms with van der Waals surface area (Å²) in [7, 11) is 0. The fraction of sp³-hybridized carbons (Fsp3) is 0.500. The summed E-state index contributed by atoms with van der Waals surface area (Å²) in [4.78, 5) is 38.0. The first kappa shape index (κ1) is 21.3. The van der Waals surface area contributed by atoms with Crippen LogP contribution in [-0.2, 0) is 16.0 Å². The quantitative estimate of drug-likeness (QED) is 0.775. The van der Waals surface area contributed by atoms with Gasteiger partial charge in [0.1, 0.15) is 5.82 Å². The molecule has 1 saturated carbocycles. The second-order valence-electron chi connectivity index (χ2n) is 8.48. The Morgan fingerprint density at radius 3 is 2.45 bits per heavy atom. The summed E-state index contributed by atoms with van der Waals surface area (Å²) in [6, 6.07) is 10.0. The van der Waals surface area contributed by atoms with Crippen LogP contribution in [0.1, 0.15) is 37.7 Å². The van der Waals surface area contributed by atoms with E-state index < -0.39 is 0 Å². The number of aromatic nitrogens is 2. The summed E-state index contributed by atoms with van der Waals surface area (Å²) in [5.41, 5.74) is 1.08. The largest absolute Gasteiger partial charge is 0.353 e. The molecule has 0 unspecified atom stereocenters. The fourth-order valence-electron chi connectivity index (χ4n) is 4.54. The zero-order chi connectivity index (χ0) is 21.5. The van der Waals surface area contributed by atoms with Gasteiger partial charge in [0.15, 0.2) is 0 Å². The van der Waals surface area contributed by atoms with Crippen LogP contribution in [0.25, 0.3) is 0 Å². The van der Waals surface area contributed by atoms with Crippen molar-refractivity contribution in [2.45, 2.75) is 44.6 Å². The van der Waals surface area contributed by atoms with E-state index >= 15 is 0 Å². The zero-order valence-electron chi connectivity index (χ0n) is 17.9. The van der Waals surface area contributed by atoms with E-state index in [-0.39, 0.29) is 23.8 Å². The molecule has 2 aromatic heterocycles. The molecule has 1 aliphatic carbocycles. The minimum Gasteiger partial charge on any atom is -0.353 e. The maximum Gasteiger partial charge on any atom is 0.225 e. The summed E-state index contributed by atoms with van der Waals surface area (Å²) < 4.78 is 0. The van der Waals surface area contributed by atoms with Crippen LogP contribution in [0.4, 0.5) is 5.82 Å². The third-order valence-corrected chi connectivity index (χ3v) is 6.37. The van der Waals surface area contributed by atoms with Gasteiger partial charge < -0.3 is 15.1 Å². The predicted octanol–water partition coefficient (Wildman–Crippen LogP) is 2.43. The summed E-state index contributed by atoms with van der Waals surface area (Å²) in [5.74, 6) is 1.44. The van der Waals surface area contributed by atoms with E-state index in [2.05, 4.69) is 20.2 Å². The first-order valence-corrected chi connectivity index (χ1v) is 11.3. The minimum atomic E-state index is 0.0873. The van der Waals surface area contributed by atoms with E-state index in [4.69, 9.17) is 0 Å². The number of piperazine rings is 1. The Balaban J connectivity index is 1.17. The highest BCUT2D eigenvalue weighted by Crippen LogP contribution is 2.27. The summed E-state index contributed by atoms with van der Waals surface area (Å²) in [5, 5.41) is 3.15. The van der Waals surface area contributed by atoms with Crippen molar-refractivity contribution in [3.05, 3.63) is 54.5 Å². The molecule has 1 saturated heterocycles. The summed E-state index contributed by atoms with van der Waals surface area (Å²) in [6.45, 7) is 3.15. The Morgan fingerprint density at radius 1 is 0.968 bits per heavy atom. The lowest BCUT2D eigenvalue weighted by Gasteiger charge is -2.38. The van der Waals surface area contributed by atoms with Gasteiger partial charge in [0.05, 0.1) is 0 Å². The molecule has 0 atom stereocenters. The second kappa shape index (κ2) is 10.4. The smallest absolute Gasteiger partial charge is 0.225 e. The molecule has 1 N–H and O–H groups in total. The SMILES string of the molecule is O=C(CCc1cccnc1)NC1CCC(C(=O)N2CCN(c3ccccn3)CC2)CC1. The van der Waals surface area contributed by atoms with Gasteiger partial charge in [-0.3, -0.25) is 14.6 Å². The molecule has 1 aliphatic heterocycles. The average Bonchev–Trinajstić information content (AvgIpc) is 2.84. The summed E-state index contributed by atoms with van der Waals surface area (Å²) in [6.07, 6.45) is 10.0. The average molecular weight is 422 g/mol. The van der Waals surface area contributed by atoms with Gasteiger partial charge in [0.2, 0.25) is 11.8 Å². The lowest BCUT2D eigenvalue weighted by molar-refractivity contribution is -0.137. The van der Waals surface area contributed by atoms with Crippen LogP contribution >= 0.6 is 0 Å². The van der Waals surface area contributed by atoms with Crippen molar-refractivity contribution in [2.75, 3.05) is 31.1 Å². The Kier molecular flexibility index (Phi) is 7.12. The number of hydrogen-bond acceptors (Lipinski definition) is 5. The van der Waals surface area contributed by atoms with E-state index in [9.17, 15) is 9.59 Å². The predicted molar refractivity (Wildman–Crippen MR) is 119 cm³/mol. The van der Waals surface area contributed by atoms with Crippen molar-refractivity contribution < 1.29 is 9.59 Å². The molecule has 2 aromatic rings. The van der Waals surface area contributed by atoms with Crippen LogP contribution in [0.15, 0.2) is 48.9 Å². The topological polar surface area (TPSA) is 78.4 Å². The maximum absolute atomic E-state index is 13.0. The number of amides is 2. The van der Waals surface area contributed by atoms with Gasteiger partial charge in [-0.25, -0.2) is 4.98 Å². The molecule has 31 heavy (non-hydrogen) atoms. The van der Waals surface area contributed by atoms with Crippen molar-refractivity contribution in [3.63, 3.8) is 0 Å². The number of rotatable bonds is 6. The number of hydrogen-bond donors (Lipinski definition) is 1. The van der Waals surface area contributed by atoms with Gasteiger partial charge >= 0.3 is 0 Å². The van der Waals surface area contributed by atoms with Gasteiger partial charge in [-0.05, 0) is 55.9 Å². The number of nitrogens with zero attached hydrogens (tertiary/aromatic N) is 4. The summed E-state index contributed by atoms with van der Waals surface area (Å²) >= 11 is 0. The van der Waals surface area contributed by atoms with Crippen molar-refractivity contribution in [3.8, 4) is 0 Å². The Hall–Kier alpha value is -2.96. The molecule has 0 radical (unpaired) electrons. The number of carbonyl (C=O) groups is 2. The van der Waals surface area contributed by atoms with Gasteiger partial charge in [-0.1, -0.05) is 12.1 Å². The van der Waals surface area contributed by atoms with Crippen LogP contribution in [0.3, 0.4) is 0 Å². The highest BCUT2D eigenvalue weighted by atomic mass is 16.2. The van der Waals surface area contributed by atoms with Crippen molar-refractivity contribution >= 4 is 17.6 Å². The standard InChI is InChI=1S/C24H31N5O2/c30-23(11-6-19-4-3-12-25-18-19)27-21-9-7-20(8-10-21)24(31)29-16-14-28(15-17-29)22-5-1-2-13-26-22/h1-5,12-13,18,20-21H,6-11,14-17H2,(H,27,30). The first-order chi connectivity index (χ1) is 15.2. The zero-order valence-corrected chi connectivity index (χ0v) is 17.9. The van der Waals surface area contributed by atoms with Gasteiger partial charge in [0.25, 0.3) is 0 Å². The maximum atomic E-state index is 13.0. The number of anilines is 1. The van der Waals surface area contributed by atoms with Crippen LogP contribution in [-0.4, -0.2) is 58.9 Å². The Labute approximate surface area is 183 Å². The lowest BCUT2D eigenvalue weighted by Crippen LogP contribution is -2.51. The number of nitrogens with one attached hydrogen (secondary N) is 1. The third kappa shape index (κ3) is 5.81. The van der Waals surface area contributed by atoms with Crippen LogP contribution in [0.2, 0.25) is 0 Å². The van der Waals surface area contributed by atoms with Gasteiger partial charge in [-0.2, -0.15) is 0 Å². The van der Waals surface area contributed by atoms with Crippen LogP contribution in [0.5, 0.6) is 0 Å². The molecule has 0 bridgehead atoms. The first-order valence-electron chi connectivity index (χ1n) is 11.3. The lowest BCUT2D eigenvalue weighted by atomic mass is 9.85. The highest BCUT2D eigenvalue weighted by Gasteiger charge is 2.31. The molecule has 4 rings (SSSR count). The van der Waals surface area contributed by atoms with Crippen molar-refractivity contribution in [1.82, 2.24) is 20.2 Å². The number of aryl methyl sites for hydroxylation is 1. The van der Waals surface area contributed by atoms with Gasteiger partial charge in [0, 0.05) is 63.2 Å². The van der Waals surface area contributed by atoms with Crippen LogP contribution < -0.4 is 10.2 Å². The van der Waals surface area contributed by atoms with Crippen molar-refractivity contribution in [2.24, 2.45) is 5.92 Å². The van der Waals surface area contributed by atoms with E-state index in [1.54, 1.807) is 12.4 Å². The van der Waals surface area contributed by atoms with Crippen LogP contribution in [0, 0.1) is 5.92 Å². The third-order valence-electron chi connectivity index (χ3n) is 6.37. The molecule has 164 valence electrons. The number of pyridine rings is 2. The molecular formula is C24H31N5O2. The minimum absolute atomic E-state index is 0.0873. The molecule has 7 nitrogen and oxygen atoms in total. The van der Waals surface area contributed by atoms with Gasteiger partial charge in [-0.15, -0.1) is 0 Å². The normalized spacial score (nSPS) is 21.5. The van der Waals surface area contributed by atoms with E-state index in [1.807, 2.05) is 41.4 Å². The fourth-order valence-corrected chi connectivity index (χ4v) is 4.54. The second-order valence-corrected chi connectivity index (χ2v) is 8.48. The monoisotopic (exact) mass is 421 g/mol. The van der Waals surface area contributed by atoms with Crippen molar-refractivity contribution in [1.29, 1.82) is 0 Å². The van der Waals surface area contributed by atoms with E-state index in [0.29, 0.717) is 12.8 Å². The van der Waals surface area contributed by atoms with E-state index in [0.717, 1.165) is 63.2 Å². The molecule has 0 aromatic carbocycles. The molecule has 7 heteroatoms. The Bertz CT molecular complexity index is 845. The molecule has 2 amide bonds. The molecule has 3 heterocycles. The number of carbonyl (C=O) groups excluding carboxylic acids is 2. The van der Waals surface area contributed by atoms with E-state index in [1.165, 1.54) is 0 Å².